The van der Waals surface area contributed by atoms with Gasteiger partial charge in [0, 0.05) is 0 Å². The van der Waals surface area contributed by atoms with E-state index in [0.717, 1.165) is 12.0 Å². The topological polar surface area (TPSA) is 101 Å². The molecule has 0 spiro atoms. The second kappa shape index (κ2) is 8.67. The third-order valence-electron chi connectivity index (χ3n) is 4.99. The van der Waals surface area contributed by atoms with Crippen LogP contribution in [0.4, 0.5) is 0 Å². The minimum absolute atomic E-state index is 0.0231. The average molecular weight is 366 g/mol. The molecule has 0 heterocycles. The van der Waals surface area contributed by atoms with Gasteiger partial charge in [-0.25, -0.2) is 0 Å². The Morgan fingerprint density at radius 3 is 1.96 bits per heavy atom. The van der Waals surface area contributed by atoms with Crippen molar-refractivity contribution in [2.45, 2.75) is 72.8 Å². The minimum atomic E-state index is -1.14. The van der Waals surface area contributed by atoms with Crippen molar-refractivity contribution in [3.63, 3.8) is 0 Å². The number of para-hydroxylation sites is 1. The zero-order chi connectivity index (χ0) is 20.9. The first-order chi connectivity index (χ1) is 11.6. The highest BCUT2D eigenvalue weighted by Crippen LogP contribution is 2.36. The van der Waals surface area contributed by atoms with Crippen LogP contribution in [0.5, 0.6) is 5.75 Å². The highest BCUT2D eigenvalue weighted by Gasteiger charge is 2.48. The van der Waals surface area contributed by atoms with Crippen LogP contribution in [0, 0.1) is 11.3 Å². The first-order valence-electron chi connectivity index (χ1n) is 8.94. The molecule has 0 aliphatic heterocycles. The summed E-state index contributed by atoms with van der Waals surface area (Å²) in [4.78, 5) is 21.7. The van der Waals surface area contributed by atoms with Gasteiger partial charge in [-0.15, -0.1) is 0 Å². The molecule has 2 atom stereocenters. The van der Waals surface area contributed by atoms with Gasteiger partial charge < -0.3 is 15.9 Å². The lowest BCUT2D eigenvalue weighted by Gasteiger charge is -2.42. The summed E-state index contributed by atoms with van der Waals surface area (Å²) in [6.07, 6.45) is 1.45. The molecule has 0 amide bonds. The fourth-order valence-electron chi connectivity index (χ4n) is 2.85. The van der Waals surface area contributed by atoms with E-state index in [9.17, 15) is 14.7 Å². The molecule has 0 aromatic heterocycles. The molecule has 4 N–H and O–H groups in total. The molecule has 0 aliphatic carbocycles. The van der Waals surface area contributed by atoms with E-state index in [1.54, 1.807) is 12.1 Å². The molecular weight excluding hydrogens is 330 g/mol. The first kappa shape index (κ1) is 24.1. The Kier molecular flexibility index (Phi) is 8.04. The van der Waals surface area contributed by atoms with Gasteiger partial charge in [0.1, 0.15) is 11.3 Å². The lowest BCUT2D eigenvalue weighted by atomic mass is 9.66. The van der Waals surface area contributed by atoms with Gasteiger partial charge in [0.2, 0.25) is 0 Å². The SMILES string of the molecule is CC(C)(C)c1cccc(C=O)c1O.CC[C@H](C)C(N)(C(=O)O)C(C)(C)C. The van der Waals surface area contributed by atoms with Crippen molar-refractivity contribution in [1.29, 1.82) is 0 Å². The van der Waals surface area contributed by atoms with Gasteiger partial charge in [-0.05, 0) is 28.4 Å². The number of aldehydes is 1. The number of nitrogens with two attached hydrogens (primary N) is 1. The molecule has 0 saturated carbocycles. The molecule has 0 saturated heterocycles. The van der Waals surface area contributed by atoms with Gasteiger partial charge in [-0.1, -0.05) is 73.9 Å². The second-order valence-electron chi connectivity index (χ2n) is 8.84. The van der Waals surface area contributed by atoms with Gasteiger partial charge in [-0.2, -0.15) is 0 Å². The number of carboxylic acid groups (broad SMARTS) is 1. The Morgan fingerprint density at radius 2 is 1.69 bits per heavy atom. The summed E-state index contributed by atoms with van der Waals surface area (Å²) in [5.74, 6) is -0.829. The Hall–Kier alpha value is -1.88. The molecule has 1 aromatic carbocycles. The van der Waals surface area contributed by atoms with Gasteiger partial charge in [0.05, 0.1) is 5.56 Å². The van der Waals surface area contributed by atoms with Gasteiger partial charge >= 0.3 is 5.97 Å². The normalized spacial score (nSPS) is 15.3. The number of carbonyl (C=O) groups excluding carboxylic acids is 1. The van der Waals surface area contributed by atoms with Crippen LogP contribution in [-0.4, -0.2) is 28.0 Å². The van der Waals surface area contributed by atoms with Crippen LogP contribution in [0.2, 0.25) is 0 Å². The molecule has 0 bridgehead atoms. The van der Waals surface area contributed by atoms with Crippen molar-refractivity contribution in [2.75, 3.05) is 0 Å². The number of phenolic OH excluding ortho intramolecular Hbond substituents is 1. The lowest BCUT2D eigenvalue weighted by Crippen LogP contribution is -2.61. The standard InChI is InChI=1S/C11H14O2.C10H21NO2/c1-11(2,3)9-6-4-5-8(7-12)10(9)13;1-6-7(2)10(11,8(12)13)9(3,4)5/h4-7,13H,1-3H3;7H,6,11H2,1-5H3,(H,12,13)/t;7-,10?/m.0/s1. The number of hydrogen-bond acceptors (Lipinski definition) is 4. The molecule has 1 rings (SSSR count). The van der Waals surface area contributed by atoms with Crippen LogP contribution < -0.4 is 5.73 Å². The smallest absolute Gasteiger partial charge is 0.324 e. The minimum Gasteiger partial charge on any atom is -0.507 e. The van der Waals surface area contributed by atoms with Crippen molar-refractivity contribution in [3.05, 3.63) is 29.3 Å². The van der Waals surface area contributed by atoms with Crippen LogP contribution in [0.1, 0.15) is 77.7 Å². The molecule has 5 heteroatoms. The number of phenols is 1. The molecule has 0 aliphatic rings. The zero-order valence-corrected chi connectivity index (χ0v) is 17.4. The fourth-order valence-corrected chi connectivity index (χ4v) is 2.85. The molecule has 0 radical (unpaired) electrons. The zero-order valence-electron chi connectivity index (χ0n) is 17.4. The maximum absolute atomic E-state index is 11.1. The Morgan fingerprint density at radius 1 is 1.19 bits per heavy atom. The molecule has 148 valence electrons. The second-order valence-corrected chi connectivity index (χ2v) is 8.84. The Labute approximate surface area is 157 Å². The average Bonchev–Trinajstić information content (AvgIpc) is 2.51. The van der Waals surface area contributed by atoms with Crippen molar-refractivity contribution >= 4 is 12.3 Å². The van der Waals surface area contributed by atoms with Crippen molar-refractivity contribution < 1.29 is 19.8 Å². The van der Waals surface area contributed by atoms with Crippen molar-refractivity contribution in [1.82, 2.24) is 0 Å². The maximum Gasteiger partial charge on any atom is 0.324 e. The van der Waals surface area contributed by atoms with E-state index in [2.05, 4.69) is 0 Å². The summed E-state index contributed by atoms with van der Waals surface area (Å²) in [6, 6.07) is 5.23. The van der Waals surface area contributed by atoms with Crippen LogP contribution in [0.25, 0.3) is 0 Å². The van der Waals surface area contributed by atoms with E-state index in [0.29, 0.717) is 11.8 Å². The summed E-state index contributed by atoms with van der Waals surface area (Å²) in [7, 11) is 0. The van der Waals surface area contributed by atoms with E-state index >= 15 is 0 Å². The highest BCUT2D eigenvalue weighted by atomic mass is 16.4. The summed E-state index contributed by atoms with van der Waals surface area (Å²) >= 11 is 0. The summed E-state index contributed by atoms with van der Waals surface area (Å²) in [6.45, 7) is 15.4. The van der Waals surface area contributed by atoms with E-state index in [1.165, 1.54) is 0 Å². The Bertz CT molecular complexity index is 626. The fraction of sp³-hybridized carbons (Fsp3) is 0.619. The molecular formula is C21H35NO4. The molecule has 1 unspecified atom stereocenters. The summed E-state index contributed by atoms with van der Waals surface area (Å²) < 4.78 is 0. The predicted molar refractivity (Wildman–Crippen MR) is 106 cm³/mol. The summed E-state index contributed by atoms with van der Waals surface area (Å²) in [5.41, 5.74) is 5.43. The maximum atomic E-state index is 11.1. The third kappa shape index (κ3) is 5.31. The van der Waals surface area contributed by atoms with Crippen molar-refractivity contribution in [2.24, 2.45) is 17.1 Å². The van der Waals surface area contributed by atoms with E-state index in [4.69, 9.17) is 10.8 Å². The van der Waals surface area contributed by atoms with E-state index in [1.807, 2.05) is 61.5 Å². The van der Waals surface area contributed by atoms with E-state index < -0.39 is 16.9 Å². The predicted octanol–water partition coefficient (Wildman–Crippen LogP) is 4.36. The molecule has 26 heavy (non-hydrogen) atoms. The number of aromatic hydroxyl groups is 1. The van der Waals surface area contributed by atoms with Gasteiger partial charge in [0.25, 0.3) is 0 Å². The van der Waals surface area contributed by atoms with Crippen LogP contribution >= 0.6 is 0 Å². The highest BCUT2D eigenvalue weighted by molar-refractivity contribution is 5.80. The largest absolute Gasteiger partial charge is 0.507 e. The summed E-state index contributed by atoms with van der Waals surface area (Å²) in [5, 5.41) is 18.8. The molecule has 5 nitrogen and oxygen atoms in total. The number of carboxylic acids is 1. The van der Waals surface area contributed by atoms with Crippen molar-refractivity contribution in [3.8, 4) is 5.75 Å². The third-order valence-corrected chi connectivity index (χ3v) is 4.99. The Balaban J connectivity index is 0.000000481. The number of benzene rings is 1. The van der Waals surface area contributed by atoms with E-state index in [-0.39, 0.29) is 17.1 Å². The number of carbonyl (C=O) groups is 2. The molecule has 0 fully saturated rings. The van der Waals surface area contributed by atoms with Crippen LogP contribution in [0.15, 0.2) is 18.2 Å². The number of aliphatic carboxylic acids is 1. The van der Waals surface area contributed by atoms with Gasteiger partial charge in [-0.3, -0.25) is 9.59 Å². The van der Waals surface area contributed by atoms with Gasteiger partial charge in [0.15, 0.2) is 6.29 Å². The lowest BCUT2D eigenvalue weighted by molar-refractivity contribution is -0.150. The molecule has 1 aromatic rings. The van der Waals surface area contributed by atoms with Crippen LogP contribution in [0.3, 0.4) is 0 Å². The number of rotatable bonds is 4. The first-order valence-corrected chi connectivity index (χ1v) is 8.94. The van der Waals surface area contributed by atoms with Crippen LogP contribution in [-0.2, 0) is 10.2 Å². The monoisotopic (exact) mass is 365 g/mol. The number of hydrogen-bond donors (Lipinski definition) is 3. The quantitative estimate of drug-likeness (QED) is 0.688.